The van der Waals surface area contributed by atoms with Crippen LogP contribution in [0.25, 0.3) is 6.08 Å². The van der Waals surface area contributed by atoms with Crippen LogP contribution in [0.3, 0.4) is 0 Å². The van der Waals surface area contributed by atoms with Gasteiger partial charge in [0.2, 0.25) is 5.91 Å². The van der Waals surface area contributed by atoms with Crippen molar-refractivity contribution < 1.29 is 17.9 Å². The second-order valence-electron chi connectivity index (χ2n) is 5.02. The van der Waals surface area contributed by atoms with Crippen molar-refractivity contribution in [2.24, 2.45) is 0 Å². The highest BCUT2D eigenvalue weighted by molar-refractivity contribution is 7.90. The van der Waals surface area contributed by atoms with Gasteiger partial charge >= 0.3 is 0 Å². The molecule has 0 heterocycles. The number of hydrogen-bond donors (Lipinski definition) is 1. The predicted molar refractivity (Wildman–Crippen MR) is 95.2 cm³/mol. The summed E-state index contributed by atoms with van der Waals surface area (Å²) in [5.74, 6) is 0.170. The summed E-state index contributed by atoms with van der Waals surface area (Å²) < 4.78 is 28.1. The zero-order valence-electron chi connectivity index (χ0n) is 13.1. The Bertz CT molecular complexity index is 891. The van der Waals surface area contributed by atoms with E-state index >= 15 is 0 Å². The average Bonchev–Trinajstić information content (AvgIpc) is 2.52. The summed E-state index contributed by atoms with van der Waals surface area (Å²) >= 11 is 6.02. The standard InChI is InChI=1S/C17H16ClNO4S/c1-23-16-8-6-12(10-15(16)18)7-9-17(20)19-13-4-3-5-14(11-13)24(2,21)22/h3-11H,1-2H3,(H,19,20). The van der Waals surface area contributed by atoms with Crippen LogP contribution in [0, 0.1) is 0 Å². The van der Waals surface area contributed by atoms with E-state index in [4.69, 9.17) is 16.3 Å². The first kappa shape index (κ1) is 18.0. The van der Waals surface area contributed by atoms with Crippen molar-refractivity contribution in [1.82, 2.24) is 0 Å². The Morgan fingerprint density at radius 3 is 2.58 bits per heavy atom. The number of rotatable bonds is 5. The molecule has 0 radical (unpaired) electrons. The van der Waals surface area contributed by atoms with Crippen LogP contribution in [-0.4, -0.2) is 27.7 Å². The summed E-state index contributed by atoms with van der Waals surface area (Å²) in [6.07, 6.45) is 4.05. The molecule has 0 bridgehead atoms. The molecule has 0 fully saturated rings. The maximum Gasteiger partial charge on any atom is 0.248 e. The predicted octanol–water partition coefficient (Wildman–Crippen LogP) is 3.40. The molecule has 2 aromatic rings. The smallest absolute Gasteiger partial charge is 0.248 e. The molecule has 5 nitrogen and oxygen atoms in total. The van der Waals surface area contributed by atoms with Crippen LogP contribution in [0.1, 0.15) is 5.56 Å². The lowest BCUT2D eigenvalue weighted by molar-refractivity contribution is -0.111. The van der Waals surface area contributed by atoms with E-state index in [9.17, 15) is 13.2 Å². The molecule has 0 unspecified atom stereocenters. The second kappa shape index (κ2) is 7.51. The van der Waals surface area contributed by atoms with Gasteiger partial charge in [-0.25, -0.2) is 8.42 Å². The van der Waals surface area contributed by atoms with Gasteiger partial charge in [0.15, 0.2) is 9.84 Å². The quantitative estimate of drug-likeness (QED) is 0.824. The highest BCUT2D eigenvalue weighted by Gasteiger charge is 2.08. The van der Waals surface area contributed by atoms with Gasteiger partial charge in [-0.1, -0.05) is 23.7 Å². The summed E-state index contributed by atoms with van der Waals surface area (Å²) in [5.41, 5.74) is 1.14. The Labute approximate surface area is 145 Å². The van der Waals surface area contributed by atoms with Crippen molar-refractivity contribution in [2.45, 2.75) is 4.90 Å². The van der Waals surface area contributed by atoms with Crippen LogP contribution in [0.4, 0.5) is 5.69 Å². The molecule has 2 aromatic carbocycles. The van der Waals surface area contributed by atoms with Gasteiger partial charge in [0.05, 0.1) is 17.0 Å². The minimum Gasteiger partial charge on any atom is -0.495 e. The molecule has 0 aliphatic carbocycles. The number of methoxy groups -OCH3 is 1. The Hall–Kier alpha value is -2.31. The van der Waals surface area contributed by atoms with Gasteiger partial charge in [-0.15, -0.1) is 0 Å². The summed E-state index contributed by atoms with van der Waals surface area (Å²) in [6.45, 7) is 0. The van der Waals surface area contributed by atoms with E-state index in [0.717, 1.165) is 11.8 Å². The first-order valence-corrected chi connectivity index (χ1v) is 9.19. The third kappa shape index (κ3) is 4.84. The molecule has 1 amide bonds. The fourth-order valence-electron chi connectivity index (χ4n) is 1.95. The molecule has 0 atom stereocenters. The van der Waals surface area contributed by atoms with Gasteiger partial charge < -0.3 is 10.1 Å². The molecule has 0 spiro atoms. The number of benzene rings is 2. The van der Waals surface area contributed by atoms with E-state index in [0.29, 0.717) is 16.5 Å². The van der Waals surface area contributed by atoms with Gasteiger partial charge in [0.25, 0.3) is 0 Å². The van der Waals surface area contributed by atoms with Crippen molar-refractivity contribution in [2.75, 3.05) is 18.7 Å². The van der Waals surface area contributed by atoms with Gasteiger partial charge in [0.1, 0.15) is 5.75 Å². The first-order valence-electron chi connectivity index (χ1n) is 6.92. The molecular formula is C17H16ClNO4S. The molecule has 2 rings (SSSR count). The molecular weight excluding hydrogens is 350 g/mol. The lowest BCUT2D eigenvalue weighted by Gasteiger charge is -2.05. The molecule has 0 aliphatic rings. The van der Waals surface area contributed by atoms with Crippen molar-refractivity contribution in [3.8, 4) is 5.75 Å². The van der Waals surface area contributed by atoms with Crippen LogP contribution in [0.15, 0.2) is 53.4 Å². The third-order valence-corrected chi connectivity index (χ3v) is 4.54. The molecule has 126 valence electrons. The highest BCUT2D eigenvalue weighted by Crippen LogP contribution is 2.25. The number of sulfone groups is 1. The second-order valence-corrected chi connectivity index (χ2v) is 7.44. The topological polar surface area (TPSA) is 72.5 Å². The van der Waals surface area contributed by atoms with Gasteiger partial charge in [0, 0.05) is 18.0 Å². The number of anilines is 1. The van der Waals surface area contributed by atoms with Crippen LogP contribution in [0.2, 0.25) is 5.02 Å². The van der Waals surface area contributed by atoms with Gasteiger partial charge in [-0.3, -0.25) is 4.79 Å². The molecule has 0 aromatic heterocycles. The summed E-state index contributed by atoms with van der Waals surface area (Å²) in [5, 5.41) is 3.06. The van der Waals surface area contributed by atoms with E-state index in [-0.39, 0.29) is 10.8 Å². The van der Waals surface area contributed by atoms with E-state index in [2.05, 4.69) is 5.32 Å². The number of carbonyl (C=O) groups is 1. The maximum absolute atomic E-state index is 11.9. The number of amides is 1. The minimum absolute atomic E-state index is 0.145. The largest absolute Gasteiger partial charge is 0.495 e. The Balaban J connectivity index is 2.09. The summed E-state index contributed by atoms with van der Waals surface area (Å²) in [6, 6.07) is 11.2. The lowest BCUT2D eigenvalue weighted by Crippen LogP contribution is -2.08. The average molecular weight is 366 g/mol. The zero-order valence-corrected chi connectivity index (χ0v) is 14.7. The van der Waals surface area contributed by atoms with Gasteiger partial charge in [-0.05, 0) is 42.0 Å². The number of carbonyl (C=O) groups excluding carboxylic acids is 1. The number of ether oxygens (including phenoxy) is 1. The van der Waals surface area contributed by atoms with E-state index < -0.39 is 9.84 Å². The van der Waals surface area contributed by atoms with Crippen LogP contribution < -0.4 is 10.1 Å². The summed E-state index contributed by atoms with van der Waals surface area (Å²) in [4.78, 5) is 12.1. The van der Waals surface area contributed by atoms with Crippen molar-refractivity contribution >= 4 is 39.1 Å². The Morgan fingerprint density at radius 2 is 1.96 bits per heavy atom. The lowest BCUT2D eigenvalue weighted by atomic mass is 10.2. The highest BCUT2D eigenvalue weighted by atomic mass is 35.5. The van der Waals surface area contributed by atoms with Crippen molar-refractivity contribution in [1.29, 1.82) is 0 Å². The molecule has 0 saturated carbocycles. The van der Waals surface area contributed by atoms with Crippen molar-refractivity contribution in [3.63, 3.8) is 0 Å². The fourth-order valence-corrected chi connectivity index (χ4v) is 2.88. The SMILES string of the molecule is COc1ccc(C=CC(=O)Nc2cccc(S(C)(=O)=O)c2)cc1Cl. The van der Waals surface area contributed by atoms with E-state index in [1.54, 1.807) is 36.4 Å². The zero-order chi connectivity index (χ0) is 17.7. The molecule has 0 aliphatic heterocycles. The number of hydrogen-bond acceptors (Lipinski definition) is 4. The molecule has 7 heteroatoms. The Kier molecular flexibility index (Phi) is 5.64. The Morgan fingerprint density at radius 1 is 1.21 bits per heavy atom. The van der Waals surface area contributed by atoms with E-state index in [1.165, 1.54) is 25.3 Å². The first-order chi connectivity index (χ1) is 11.3. The summed E-state index contributed by atoms with van der Waals surface area (Å²) in [7, 11) is -1.80. The van der Waals surface area contributed by atoms with Gasteiger partial charge in [-0.2, -0.15) is 0 Å². The van der Waals surface area contributed by atoms with Crippen molar-refractivity contribution in [3.05, 3.63) is 59.1 Å². The normalized spacial score (nSPS) is 11.5. The molecule has 24 heavy (non-hydrogen) atoms. The van der Waals surface area contributed by atoms with Crippen LogP contribution >= 0.6 is 11.6 Å². The molecule has 0 saturated heterocycles. The van der Waals surface area contributed by atoms with E-state index in [1.807, 2.05) is 0 Å². The van der Waals surface area contributed by atoms with Crippen LogP contribution in [-0.2, 0) is 14.6 Å². The number of nitrogens with one attached hydrogen (secondary N) is 1. The fraction of sp³-hybridized carbons (Fsp3) is 0.118. The van der Waals surface area contributed by atoms with Crippen LogP contribution in [0.5, 0.6) is 5.75 Å². The maximum atomic E-state index is 11.9. The minimum atomic E-state index is -3.32. The third-order valence-electron chi connectivity index (χ3n) is 3.13. The number of halogens is 1. The molecule has 1 N–H and O–H groups in total. The monoisotopic (exact) mass is 365 g/mol.